The molecule has 1 aromatic heterocycles. The molecular weight excluding hydrogens is 432 g/mol. The average molecular weight is 461 g/mol. The van der Waals surface area contributed by atoms with Crippen LogP contribution < -0.4 is 9.46 Å². The highest BCUT2D eigenvalue weighted by molar-refractivity contribution is 7.88. The third kappa shape index (κ3) is 6.29. The lowest BCUT2D eigenvalue weighted by Gasteiger charge is -2.20. The van der Waals surface area contributed by atoms with Gasteiger partial charge in [-0.05, 0) is 41.8 Å². The SMILES string of the molecule is CCCOc1ccc2ccccc2c1CN(C)C(=O)c1ccc(CCNS(C)(=O)=O)s1. The first-order valence-corrected chi connectivity index (χ1v) is 12.9. The summed E-state index contributed by atoms with van der Waals surface area (Å²) in [7, 11) is -1.42. The summed E-state index contributed by atoms with van der Waals surface area (Å²) < 4.78 is 30.9. The molecule has 1 heterocycles. The van der Waals surface area contributed by atoms with Crippen molar-refractivity contribution >= 4 is 38.0 Å². The van der Waals surface area contributed by atoms with Crippen LogP contribution in [-0.2, 0) is 23.0 Å². The van der Waals surface area contributed by atoms with Gasteiger partial charge in [0.25, 0.3) is 5.91 Å². The molecule has 1 N–H and O–H groups in total. The van der Waals surface area contributed by atoms with E-state index in [1.807, 2.05) is 30.3 Å². The highest BCUT2D eigenvalue weighted by Crippen LogP contribution is 2.30. The van der Waals surface area contributed by atoms with Crippen LogP contribution in [0.15, 0.2) is 48.5 Å². The number of hydrogen-bond donors (Lipinski definition) is 1. The van der Waals surface area contributed by atoms with Crippen molar-refractivity contribution in [1.29, 1.82) is 0 Å². The molecule has 0 fully saturated rings. The Morgan fingerprint density at radius 2 is 1.90 bits per heavy atom. The standard InChI is InChI=1S/C23H28N2O4S2/c1-4-15-29-21-11-9-17-7-5-6-8-19(17)20(21)16-25(2)23(26)22-12-10-18(30-22)13-14-24-31(3,27)28/h5-12,24H,4,13-16H2,1-3H3. The fourth-order valence-electron chi connectivity index (χ4n) is 3.31. The number of amides is 1. The number of thiophene rings is 1. The Labute approximate surface area is 187 Å². The maximum absolute atomic E-state index is 13.0. The largest absolute Gasteiger partial charge is 0.493 e. The summed E-state index contributed by atoms with van der Waals surface area (Å²) in [6.07, 6.45) is 2.59. The molecule has 3 aromatic rings. The number of nitrogens with one attached hydrogen (secondary N) is 1. The predicted molar refractivity (Wildman–Crippen MR) is 126 cm³/mol. The number of rotatable bonds is 10. The van der Waals surface area contributed by atoms with Crippen LogP contribution in [0.4, 0.5) is 0 Å². The molecule has 1 amide bonds. The number of nitrogens with zero attached hydrogens (tertiary/aromatic N) is 1. The first-order valence-electron chi connectivity index (χ1n) is 10.2. The zero-order valence-electron chi connectivity index (χ0n) is 18.1. The van der Waals surface area contributed by atoms with Crippen molar-refractivity contribution in [3.8, 4) is 5.75 Å². The topological polar surface area (TPSA) is 75.7 Å². The molecule has 0 atom stereocenters. The molecule has 3 rings (SSSR count). The third-order valence-corrected chi connectivity index (χ3v) is 6.67. The zero-order valence-corrected chi connectivity index (χ0v) is 19.7. The maximum atomic E-state index is 13.0. The van der Waals surface area contributed by atoms with Gasteiger partial charge in [-0.2, -0.15) is 0 Å². The minimum atomic E-state index is -3.21. The molecule has 0 aliphatic carbocycles. The van der Waals surface area contributed by atoms with Gasteiger partial charge in [-0.3, -0.25) is 4.79 Å². The van der Waals surface area contributed by atoms with E-state index in [1.165, 1.54) is 11.3 Å². The van der Waals surface area contributed by atoms with Gasteiger partial charge in [-0.25, -0.2) is 13.1 Å². The summed E-state index contributed by atoms with van der Waals surface area (Å²) in [5.41, 5.74) is 0.997. The number of carbonyl (C=O) groups is 1. The molecule has 0 saturated carbocycles. The lowest BCUT2D eigenvalue weighted by molar-refractivity contribution is 0.0789. The molecule has 0 spiro atoms. The second-order valence-electron chi connectivity index (χ2n) is 7.46. The fourth-order valence-corrected chi connectivity index (χ4v) is 4.78. The number of fused-ring (bicyclic) bond motifs is 1. The molecule has 0 unspecified atom stereocenters. The van der Waals surface area contributed by atoms with Crippen molar-refractivity contribution < 1.29 is 17.9 Å². The van der Waals surface area contributed by atoms with Crippen molar-refractivity contribution in [3.05, 3.63) is 63.8 Å². The average Bonchev–Trinajstić information content (AvgIpc) is 3.20. The van der Waals surface area contributed by atoms with Gasteiger partial charge >= 0.3 is 0 Å². The molecule has 0 radical (unpaired) electrons. The molecule has 2 aromatic carbocycles. The monoisotopic (exact) mass is 460 g/mol. The quantitative estimate of drug-likeness (QED) is 0.495. The van der Waals surface area contributed by atoms with Crippen molar-refractivity contribution in [3.63, 3.8) is 0 Å². The van der Waals surface area contributed by atoms with Crippen LogP contribution in [0.25, 0.3) is 10.8 Å². The van der Waals surface area contributed by atoms with Gasteiger partial charge < -0.3 is 9.64 Å². The highest BCUT2D eigenvalue weighted by atomic mass is 32.2. The van der Waals surface area contributed by atoms with Crippen molar-refractivity contribution in [2.75, 3.05) is 26.5 Å². The second-order valence-corrected chi connectivity index (χ2v) is 10.5. The Hall–Kier alpha value is -2.42. The van der Waals surface area contributed by atoms with Gasteiger partial charge in [-0.1, -0.05) is 37.3 Å². The van der Waals surface area contributed by atoms with E-state index < -0.39 is 10.0 Å². The van der Waals surface area contributed by atoms with Crippen LogP contribution >= 0.6 is 11.3 Å². The van der Waals surface area contributed by atoms with Gasteiger partial charge in [0.15, 0.2) is 0 Å². The van der Waals surface area contributed by atoms with Gasteiger partial charge in [0.1, 0.15) is 5.75 Å². The van der Waals surface area contributed by atoms with Crippen molar-refractivity contribution in [2.45, 2.75) is 26.3 Å². The number of sulfonamides is 1. The van der Waals surface area contributed by atoms with Gasteiger partial charge in [0.2, 0.25) is 10.0 Å². The van der Waals surface area contributed by atoms with E-state index in [1.54, 1.807) is 18.0 Å². The third-order valence-electron chi connectivity index (χ3n) is 4.81. The number of benzene rings is 2. The molecule has 6 nitrogen and oxygen atoms in total. The summed E-state index contributed by atoms with van der Waals surface area (Å²) in [5.74, 6) is 0.737. The fraction of sp³-hybridized carbons (Fsp3) is 0.348. The van der Waals surface area contributed by atoms with Crippen LogP contribution in [-0.4, -0.2) is 45.7 Å². The molecule has 0 aliphatic rings. The Balaban J connectivity index is 1.76. The second kappa shape index (κ2) is 10.3. The molecule has 166 valence electrons. The predicted octanol–water partition coefficient (Wildman–Crippen LogP) is 4.05. The van der Waals surface area contributed by atoms with Crippen LogP contribution in [0.5, 0.6) is 5.75 Å². The summed E-state index contributed by atoms with van der Waals surface area (Å²) in [6, 6.07) is 15.8. The smallest absolute Gasteiger partial charge is 0.263 e. The minimum absolute atomic E-state index is 0.0679. The first kappa shape index (κ1) is 23.2. The van der Waals surface area contributed by atoms with Gasteiger partial charge in [0, 0.05) is 30.6 Å². The van der Waals surface area contributed by atoms with Crippen LogP contribution in [0, 0.1) is 0 Å². The number of carbonyl (C=O) groups excluding carboxylic acids is 1. The van der Waals surface area contributed by atoms with Crippen LogP contribution in [0.3, 0.4) is 0 Å². The van der Waals surface area contributed by atoms with E-state index in [9.17, 15) is 13.2 Å². The Morgan fingerprint density at radius 3 is 2.65 bits per heavy atom. The van der Waals surface area contributed by atoms with E-state index in [2.05, 4.69) is 23.8 Å². The Kier molecular flexibility index (Phi) is 7.69. The maximum Gasteiger partial charge on any atom is 0.263 e. The molecular formula is C23H28N2O4S2. The summed E-state index contributed by atoms with van der Waals surface area (Å²) >= 11 is 1.39. The Bertz CT molecular complexity index is 1160. The van der Waals surface area contributed by atoms with E-state index in [4.69, 9.17) is 4.74 Å². The number of hydrogen-bond acceptors (Lipinski definition) is 5. The lowest BCUT2D eigenvalue weighted by Crippen LogP contribution is -2.26. The number of ether oxygens (including phenoxy) is 1. The summed E-state index contributed by atoms with van der Waals surface area (Å²) in [5, 5.41) is 2.19. The van der Waals surface area contributed by atoms with E-state index in [-0.39, 0.29) is 5.91 Å². The van der Waals surface area contributed by atoms with Crippen LogP contribution in [0.2, 0.25) is 0 Å². The Morgan fingerprint density at radius 1 is 1.13 bits per heavy atom. The minimum Gasteiger partial charge on any atom is -0.493 e. The van der Waals surface area contributed by atoms with E-state index in [0.717, 1.165) is 39.6 Å². The molecule has 31 heavy (non-hydrogen) atoms. The lowest BCUT2D eigenvalue weighted by atomic mass is 10.0. The van der Waals surface area contributed by atoms with E-state index in [0.29, 0.717) is 31.0 Å². The normalized spacial score (nSPS) is 11.6. The van der Waals surface area contributed by atoms with Crippen molar-refractivity contribution in [2.24, 2.45) is 0 Å². The van der Waals surface area contributed by atoms with E-state index >= 15 is 0 Å². The first-order chi connectivity index (χ1) is 14.8. The van der Waals surface area contributed by atoms with Crippen molar-refractivity contribution in [1.82, 2.24) is 9.62 Å². The highest BCUT2D eigenvalue weighted by Gasteiger charge is 2.18. The zero-order chi connectivity index (χ0) is 22.4. The molecule has 0 aliphatic heterocycles. The van der Waals surface area contributed by atoms with Crippen LogP contribution in [0.1, 0.15) is 33.5 Å². The molecule has 0 saturated heterocycles. The summed E-state index contributed by atoms with van der Waals surface area (Å²) in [4.78, 5) is 16.3. The van der Waals surface area contributed by atoms with Gasteiger partial charge in [-0.15, -0.1) is 11.3 Å². The molecule has 0 bridgehead atoms. The summed E-state index contributed by atoms with van der Waals surface area (Å²) in [6.45, 7) is 3.44. The molecule has 8 heteroatoms. The van der Waals surface area contributed by atoms with Gasteiger partial charge in [0.05, 0.1) is 17.7 Å².